The summed E-state index contributed by atoms with van der Waals surface area (Å²) in [6.07, 6.45) is 2.83. The van der Waals surface area contributed by atoms with E-state index in [2.05, 4.69) is 21.4 Å². The lowest BCUT2D eigenvalue weighted by Crippen LogP contribution is -2.38. The average molecular weight is 473 g/mol. The molecule has 1 fully saturated rings. The fourth-order valence-corrected chi connectivity index (χ4v) is 4.48. The van der Waals surface area contributed by atoms with E-state index in [0.29, 0.717) is 47.0 Å². The summed E-state index contributed by atoms with van der Waals surface area (Å²) in [6, 6.07) is 14.6. The molecule has 3 heterocycles. The number of rotatable bonds is 5. The average Bonchev–Trinajstić information content (AvgIpc) is 3.19. The van der Waals surface area contributed by atoms with Gasteiger partial charge in [0.05, 0.1) is 23.3 Å². The molecule has 4 aromatic rings. The molecule has 0 radical (unpaired) electrons. The highest BCUT2D eigenvalue weighted by molar-refractivity contribution is 6.29. The highest BCUT2D eigenvalue weighted by Crippen LogP contribution is 2.36. The second-order valence-electron chi connectivity index (χ2n) is 8.52. The van der Waals surface area contributed by atoms with Crippen molar-refractivity contribution in [2.75, 3.05) is 6.54 Å². The molecule has 2 N–H and O–H groups in total. The molecular formula is C25H21ClN6O2. The maximum absolute atomic E-state index is 12.8. The number of carbonyl (C=O) groups is 1. The number of aromatic nitrogens is 4. The topological polar surface area (TPSA) is 116 Å². The Morgan fingerprint density at radius 1 is 1.24 bits per heavy atom. The van der Waals surface area contributed by atoms with Gasteiger partial charge in [-0.1, -0.05) is 23.7 Å². The van der Waals surface area contributed by atoms with Crippen molar-refractivity contribution in [1.82, 2.24) is 24.9 Å². The van der Waals surface area contributed by atoms with Gasteiger partial charge in [-0.2, -0.15) is 10.4 Å². The molecule has 0 atom stereocenters. The first-order valence-corrected chi connectivity index (χ1v) is 11.3. The summed E-state index contributed by atoms with van der Waals surface area (Å²) in [4.78, 5) is 21.7. The smallest absolute Gasteiger partial charge is 0.270 e. The number of nitrogens with one attached hydrogen (secondary N) is 1. The molecule has 0 spiro atoms. The van der Waals surface area contributed by atoms with Crippen LogP contribution in [0.1, 0.15) is 34.6 Å². The number of aryl methyl sites for hydroxylation is 1. The Morgan fingerprint density at radius 2 is 2.06 bits per heavy atom. The van der Waals surface area contributed by atoms with Gasteiger partial charge >= 0.3 is 0 Å². The van der Waals surface area contributed by atoms with E-state index in [9.17, 15) is 15.2 Å². The number of pyridine rings is 1. The van der Waals surface area contributed by atoms with Crippen molar-refractivity contribution in [3.05, 3.63) is 70.8 Å². The predicted octanol–water partition coefficient (Wildman–Crippen LogP) is 3.79. The van der Waals surface area contributed by atoms with Gasteiger partial charge in [0, 0.05) is 24.0 Å². The Bertz CT molecular complexity index is 1430. The van der Waals surface area contributed by atoms with Gasteiger partial charge in [-0.3, -0.25) is 4.79 Å². The van der Waals surface area contributed by atoms with E-state index in [1.807, 2.05) is 19.1 Å². The number of amides is 1. The number of aliphatic hydroxyl groups is 1. The van der Waals surface area contributed by atoms with E-state index in [4.69, 9.17) is 16.7 Å². The molecule has 0 aliphatic heterocycles. The van der Waals surface area contributed by atoms with Crippen LogP contribution >= 0.6 is 11.6 Å². The predicted molar refractivity (Wildman–Crippen MR) is 127 cm³/mol. The molecule has 0 bridgehead atoms. The molecule has 0 saturated heterocycles. The van der Waals surface area contributed by atoms with Gasteiger partial charge in [-0.05, 0) is 61.6 Å². The lowest BCUT2D eigenvalue weighted by atomic mass is 9.82. The van der Waals surface area contributed by atoms with Crippen molar-refractivity contribution in [2.45, 2.75) is 25.9 Å². The molecule has 1 amide bonds. The minimum absolute atomic E-state index is 0.265. The lowest BCUT2D eigenvalue weighted by molar-refractivity contribution is 0.0420. The van der Waals surface area contributed by atoms with Crippen molar-refractivity contribution in [2.24, 2.45) is 5.92 Å². The Hall–Kier alpha value is -3.80. The molecule has 3 aromatic heterocycles. The lowest BCUT2D eigenvalue weighted by Gasteiger charge is -2.31. The van der Waals surface area contributed by atoms with Crippen molar-refractivity contribution in [1.29, 1.82) is 5.26 Å². The number of nitriles is 1. The Morgan fingerprint density at radius 3 is 2.79 bits per heavy atom. The van der Waals surface area contributed by atoms with E-state index in [1.54, 1.807) is 41.0 Å². The molecule has 9 heteroatoms. The quantitative estimate of drug-likeness (QED) is 0.427. The third-order valence-corrected chi connectivity index (χ3v) is 6.15. The molecule has 5 rings (SSSR count). The van der Waals surface area contributed by atoms with Crippen molar-refractivity contribution in [3.8, 4) is 28.5 Å². The fraction of sp³-hybridized carbons (Fsp3) is 0.240. The minimum atomic E-state index is -0.284. The standard InChI is InChI=1S/C25H21ClN6O2/c1-14-7-18(11-21(26)29-14)22-23(17-4-2-3-15(8-17)12-27)31-32-6-5-20(30-24(22)32)25(34)28-13-16-9-19(33)10-16/h2-8,11,16,19,33H,9-10,13H2,1H3,(H,28,34). The number of hydrogen-bond acceptors (Lipinski definition) is 6. The maximum Gasteiger partial charge on any atom is 0.270 e. The summed E-state index contributed by atoms with van der Waals surface area (Å²) >= 11 is 6.26. The summed E-state index contributed by atoms with van der Waals surface area (Å²) in [6.45, 7) is 2.35. The minimum Gasteiger partial charge on any atom is -0.393 e. The summed E-state index contributed by atoms with van der Waals surface area (Å²) in [5.41, 5.74) is 4.83. The van der Waals surface area contributed by atoms with Gasteiger partial charge in [0.15, 0.2) is 5.65 Å². The number of carbonyl (C=O) groups excluding carboxylic acids is 1. The van der Waals surface area contributed by atoms with Crippen LogP contribution < -0.4 is 5.32 Å². The monoisotopic (exact) mass is 472 g/mol. The molecule has 34 heavy (non-hydrogen) atoms. The highest BCUT2D eigenvalue weighted by Gasteiger charge is 2.27. The van der Waals surface area contributed by atoms with Crippen molar-refractivity contribution in [3.63, 3.8) is 0 Å². The van der Waals surface area contributed by atoms with Crippen LogP contribution in [0.4, 0.5) is 0 Å². The van der Waals surface area contributed by atoms with Crippen LogP contribution in [0.15, 0.2) is 48.7 Å². The first kappa shape index (κ1) is 22.0. The Kier molecular flexibility index (Phi) is 5.74. The second kappa shape index (κ2) is 8.86. The number of hydrogen-bond donors (Lipinski definition) is 2. The van der Waals surface area contributed by atoms with Crippen molar-refractivity contribution < 1.29 is 9.90 Å². The zero-order valence-electron chi connectivity index (χ0n) is 18.4. The van der Waals surface area contributed by atoms with E-state index >= 15 is 0 Å². The van der Waals surface area contributed by atoms with Crippen LogP contribution in [-0.4, -0.2) is 43.2 Å². The van der Waals surface area contributed by atoms with Gasteiger partial charge in [-0.15, -0.1) is 0 Å². The molecule has 1 aliphatic rings. The summed E-state index contributed by atoms with van der Waals surface area (Å²) in [5.74, 6) is 0.00201. The van der Waals surface area contributed by atoms with E-state index in [1.165, 1.54) is 0 Å². The number of aliphatic hydroxyl groups excluding tert-OH is 1. The number of nitrogens with zero attached hydrogens (tertiary/aromatic N) is 5. The molecule has 1 aliphatic carbocycles. The maximum atomic E-state index is 12.8. The van der Waals surface area contributed by atoms with Crippen LogP contribution in [0.2, 0.25) is 5.15 Å². The van der Waals surface area contributed by atoms with E-state index < -0.39 is 0 Å². The van der Waals surface area contributed by atoms with Gasteiger partial charge in [0.1, 0.15) is 16.5 Å². The number of benzene rings is 1. The normalized spacial score (nSPS) is 17.2. The molecule has 1 aromatic carbocycles. The zero-order chi connectivity index (χ0) is 23.8. The fourth-order valence-electron chi connectivity index (χ4n) is 4.23. The van der Waals surface area contributed by atoms with Crippen molar-refractivity contribution >= 4 is 23.2 Å². The van der Waals surface area contributed by atoms with E-state index in [0.717, 1.165) is 16.8 Å². The number of fused-ring (bicyclic) bond motifs is 1. The first-order chi connectivity index (χ1) is 16.4. The Labute approximate surface area is 200 Å². The number of halogens is 1. The largest absolute Gasteiger partial charge is 0.393 e. The summed E-state index contributed by atoms with van der Waals surface area (Å²) in [5, 5.41) is 26.8. The van der Waals surface area contributed by atoms with Crippen LogP contribution in [0.5, 0.6) is 0 Å². The SMILES string of the molecule is Cc1cc(-c2c(-c3cccc(C#N)c3)nn3ccc(C(=O)NCC4CC(O)C4)nc23)cc(Cl)n1. The second-order valence-corrected chi connectivity index (χ2v) is 8.91. The van der Waals surface area contributed by atoms with Crippen LogP contribution in [0.3, 0.4) is 0 Å². The Balaban J connectivity index is 1.61. The zero-order valence-corrected chi connectivity index (χ0v) is 19.1. The molecule has 0 unspecified atom stereocenters. The third-order valence-electron chi connectivity index (χ3n) is 5.96. The van der Waals surface area contributed by atoms with Gasteiger partial charge in [-0.25, -0.2) is 14.5 Å². The van der Waals surface area contributed by atoms with Gasteiger partial charge in [0.25, 0.3) is 5.91 Å². The molecule has 1 saturated carbocycles. The van der Waals surface area contributed by atoms with E-state index in [-0.39, 0.29) is 23.6 Å². The summed E-state index contributed by atoms with van der Waals surface area (Å²) in [7, 11) is 0. The molecule has 8 nitrogen and oxygen atoms in total. The summed E-state index contributed by atoms with van der Waals surface area (Å²) < 4.78 is 1.62. The first-order valence-electron chi connectivity index (χ1n) is 10.9. The third kappa shape index (κ3) is 4.23. The van der Waals surface area contributed by atoms with Crippen LogP contribution in [-0.2, 0) is 0 Å². The van der Waals surface area contributed by atoms with Crippen LogP contribution in [0, 0.1) is 24.2 Å². The van der Waals surface area contributed by atoms with Gasteiger partial charge < -0.3 is 10.4 Å². The molecular weight excluding hydrogens is 452 g/mol. The molecule has 170 valence electrons. The van der Waals surface area contributed by atoms with Gasteiger partial charge in [0.2, 0.25) is 0 Å². The van der Waals surface area contributed by atoms with Crippen LogP contribution in [0.25, 0.3) is 28.0 Å². The highest BCUT2D eigenvalue weighted by atomic mass is 35.5.